The quantitative estimate of drug-likeness (QED) is 0.746. The van der Waals surface area contributed by atoms with Gasteiger partial charge in [0.15, 0.2) is 5.65 Å². The van der Waals surface area contributed by atoms with E-state index in [1.54, 1.807) is 18.2 Å². The Bertz CT molecular complexity index is 854. The highest BCUT2D eigenvalue weighted by atomic mass is 19.1. The van der Waals surface area contributed by atoms with Crippen molar-refractivity contribution in [3.8, 4) is 11.3 Å². The van der Waals surface area contributed by atoms with E-state index in [2.05, 4.69) is 10.1 Å². The van der Waals surface area contributed by atoms with Gasteiger partial charge in [-0.2, -0.15) is 0 Å². The second kappa shape index (κ2) is 4.55. The molecule has 1 N–H and O–H groups in total. The Morgan fingerprint density at radius 1 is 1.14 bits per heavy atom. The Kier molecular flexibility index (Phi) is 2.93. The first-order chi connectivity index (χ1) is 9.84. The Morgan fingerprint density at radius 3 is 2.43 bits per heavy atom. The fraction of sp³-hybridized carbons (Fsp3) is 0.250. The predicted octanol–water partition coefficient (Wildman–Crippen LogP) is 3.13. The molecule has 2 aromatic heterocycles. The topological polar surface area (TPSA) is 50.2 Å². The number of aromatic amines is 1. The lowest BCUT2D eigenvalue weighted by Crippen LogP contribution is -2.21. The van der Waals surface area contributed by atoms with Crippen molar-refractivity contribution in [2.24, 2.45) is 0 Å². The van der Waals surface area contributed by atoms with Gasteiger partial charge < -0.3 is 0 Å². The number of hydrogen-bond acceptors (Lipinski definition) is 2. The maximum atomic E-state index is 13.0. The van der Waals surface area contributed by atoms with Crippen molar-refractivity contribution in [3.05, 3.63) is 58.3 Å². The van der Waals surface area contributed by atoms with Crippen LogP contribution in [0.4, 0.5) is 4.39 Å². The summed E-state index contributed by atoms with van der Waals surface area (Å²) in [7, 11) is 0. The summed E-state index contributed by atoms with van der Waals surface area (Å²) in [6, 6.07) is 9.43. The van der Waals surface area contributed by atoms with Gasteiger partial charge in [0.05, 0.1) is 11.4 Å². The Labute approximate surface area is 121 Å². The summed E-state index contributed by atoms with van der Waals surface area (Å²) in [5.41, 5.74) is 2.49. The summed E-state index contributed by atoms with van der Waals surface area (Å²) in [6.45, 7) is 6.04. The average Bonchev–Trinajstić information content (AvgIpc) is 2.83. The number of nitrogens with zero attached hydrogens (tertiary/aromatic N) is 2. The van der Waals surface area contributed by atoms with E-state index in [0.29, 0.717) is 5.65 Å². The Morgan fingerprint density at radius 2 is 1.81 bits per heavy atom. The average molecular weight is 285 g/mol. The summed E-state index contributed by atoms with van der Waals surface area (Å²) >= 11 is 0. The fourth-order valence-electron chi connectivity index (χ4n) is 2.15. The van der Waals surface area contributed by atoms with Crippen LogP contribution in [0.2, 0.25) is 0 Å². The third-order valence-corrected chi connectivity index (χ3v) is 3.37. The molecule has 0 unspecified atom stereocenters. The molecule has 0 aliphatic carbocycles. The van der Waals surface area contributed by atoms with E-state index in [-0.39, 0.29) is 16.8 Å². The Balaban J connectivity index is 2.18. The smallest absolute Gasteiger partial charge is 0.272 e. The lowest BCUT2D eigenvalue weighted by molar-refractivity contribution is 0.566. The highest BCUT2D eigenvalue weighted by molar-refractivity contribution is 5.63. The van der Waals surface area contributed by atoms with Gasteiger partial charge in [0.1, 0.15) is 5.82 Å². The molecule has 0 radical (unpaired) electrons. The summed E-state index contributed by atoms with van der Waals surface area (Å²) in [6.07, 6.45) is 0. The summed E-state index contributed by atoms with van der Waals surface area (Å²) < 4.78 is 14.4. The molecule has 5 heteroatoms. The third-order valence-electron chi connectivity index (χ3n) is 3.37. The Hall–Kier alpha value is -2.43. The number of nitrogens with one attached hydrogen (secondary N) is 1. The molecule has 4 nitrogen and oxygen atoms in total. The number of aromatic nitrogens is 3. The lowest BCUT2D eigenvalue weighted by Gasteiger charge is -2.16. The minimum Gasteiger partial charge on any atom is -0.289 e. The van der Waals surface area contributed by atoms with E-state index in [1.165, 1.54) is 22.7 Å². The second-order valence-electron chi connectivity index (χ2n) is 6.10. The number of H-pyrrole nitrogens is 1. The largest absolute Gasteiger partial charge is 0.289 e. The van der Waals surface area contributed by atoms with E-state index < -0.39 is 0 Å². The van der Waals surface area contributed by atoms with Crippen LogP contribution < -0.4 is 5.56 Å². The SMILES string of the molecule is CC(C)(C)c1cc(=O)n2[nH]c(-c3ccc(F)cc3)cc2n1. The van der Waals surface area contributed by atoms with Crippen LogP contribution in [0.25, 0.3) is 16.9 Å². The zero-order chi connectivity index (χ0) is 15.2. The second-order valence-corrected chi connectivity index (χ2v) is 6.10. The van der Waals surface area contributed by atoms with Crippen LogP contribution in [-0.4, -0.2) is 14.6 Å². The predicted molar refractivity (Wildman–Crippen MR) is 79.9 cm³/mol. The van der Waals surface area contributed by atoms with Crippen molar-refractivity contribution >= 4 is 5.65 Å². The van der Waals surface area contributed by atoms with Crippen LogP contribution in [0.5, 0.6) is 0 Å². The van der Waals surface area contributed by atoms with Gasteiger partial charge >= 0.3 is 0 Å². The zero-order valence-corrected chi connectivity index (χ0v) is 12.1. The molecule has 0 aliphatic heterocycles. The maximum absolute atomic E-state index is 13.0. The first kappa shape index (κ1) is 13.5. The van der Waals surface area contributed by atoms with Crippen molar-refractivity contribution in [3.63, 3.8) is 0 Å². The third kappa shape index (κ3) is 2.46. The number of fused-ring (bicyclic) bond motifs is 1. The van der Waals surface area contributed by atoms with E-state index in [0.717, 1.165) is 17.0 Å². The standard InChI is InChI=1S/C16H16FN3O/c1-16(2,3)13-9-15(21)20-14(18-13)8-12(19-20)10-4-6-11(17)7-5-10/h4-9,19H,1-3H3. The highest BCUT2D eigenvalue weighted by Gasteiger charge is 2.18. The number of hydrogen-bond donors (Lipinski definition) is 1. The van der Waals surface area contributed by atoms with Crippen molar-refractivity contribution in [1.82, 2.24) is 14.6 Å². The number of halogens is 1. The molecule has 108 valence electrons. The van der Waals surface area contributed by atoms with Gasteiger partial charge in [0.25, 0.3) is 5.56 Å². The van der Waals surface area contributed by atoms with Crippen molar-refractivity contribution in [2.75, 3.05) is 0 Å². The molecule has 1 aromatic carbocycles. The van der Waals surface area contributed by atoms with Crippen molar-refractivity contribution < 1.29 is 4.39 Å². The van der Waals surface area contributed by atoms with Gasteiger partial charge in [-0.3, -0.25) is 9.89 Å². The number of benzene rings is 1. The van der Waals surface area contributed by atoms with Crippen LogP contribution >= 0.6 is 0 Å². The molecule has 0 bridgehead atoms. The molecule has 0 spiro atoms. The molecule has 21 heavy (non-hydrogen) atoms. The monoisotopic (exact) mass is 285 g/mol. The molecule has 0 fully saturated rings. The molecular formula is C16H16FN3O. The summed E-state index contributed by atoms with van der Waals surface area (Å²) in [4.78, 5) is 16.7. The normalized spacial score (nSPS) is 12.0. The molecule has 0 saturated carbocycles. The molecular weight excluding hydrogens is 269 g/mol. The van der Waals surface area contributed by atoms with Crippen LogP contribution in [-0.2, 0) is 5.41 Å². The first-order valence-corrected chi connectivity index (χ1v) is 6.74. The van der Waals surface area contributed by atoms with Crippen LogP contribution in [0.15, 0.2) is 41.2 Å². The van der Waals surface area contributed by atoms with Crippen LogP contribution in [0.3, 0.4) is 0 Å². The van der Waals surface area contributed by atoms with E-state index in [9.17, 15) is 9.18 Å². The van der Waals surface area contributed by atoms with Crippen LogP contribution in [0.1, 0.15) is 26.5 Å². The summed E-state index contributed by atoms with van der Waals surface area (Å²) in [5, 5.41) is 3.00. The minimum absolute atomic E-state index is 0.154. The van der Waals surface area contributed by atoms with E-state index in [4.69, 9.17) is 0 Å². The highest BCUT2D eigenvalue weighted by Crippen LogP contribution is 2.22. The minimum atomic E-state index is -0.292. The van der Waals surface area contributed by atoms with Crippen LogP contribution in [0, 0.1) is 5.82 Å². The summed E-state index contributed by atoms with van der Waals surface area (Å²) in [5.74, 6) is -0.292. The zero-order valence-electron chi connectivity index (χ0n) is 12.1. The molecule has 3 aromatic rings. The molecule has 3 rings (SSSR count). The number of rotatable bonds is 1. The van der Waals surface area contributed by atoms with E-state index in [1.807, 2.05) is 20.8 Å². The fourth-order valence-corrected chi connectivity index (χ4v) is 2.15. The van der Waals surface area contributed by atoms with E-state index >= 15 is 0 Å². The molecule has 0 saturated heterocycles. The van der Waals surface area contributed by atoms with Gasteiger partial charge in [-0.15, -0.1) is 0 Å². The van der Waals surface area contributed by atoms with Crippen molar-refractivity contribution in [1.29, 1.82) is 0 Å². The molecule has 2 heterocycles. The van der Waals surface area contributed by atoms with Gasteiger partial charge in [0, 0.05) is 17.5 Å². The molecule has 0 amide bonds. The van der Waals surface area contributed by atoms with Crippen molar-refractivity contribution in [2.45, 2.75) is 26.2 Å². The first-order valence-electron chi connectivity index (χ1n) is 6.74. The van der Waals surface area contributed by atoms with Gasteiger partial charge in [0.2, 0.25) is 0 Å². The molecule has 0 aliphatic rings. The van der Waals surface area contributed by atoms with Gasteiger partial charge in [-0.05, 0) is 29.8 Å². The molecule has 0 atom stereocenters. The van der Waals surface area contributed by atoms with Gasteiger partial charge in [-0.25, -0.2) is 13.9 Å². The lowest BCUT2D eigenvalue weighted by atomic mass is 9.92. The maximum Gasteiger partial charge on any atom is 0.272 e. The van der Waals surface area contributed by atoms with Gasteiger partial charge in [-0.1, -0.05) is 20.8 Å².